The van der Waals surface area contributed by atoms with Crippen molar-refractivity contribution in [3.63, 3.8) is 0 Å². The predicted octanol–water partition coefficient (Wildman–Crippen LogP) is 5.77. The van der Waals surface area contributed by atoms with Crippen LogP contribution in [0.25, 0.3) is 0 Å². The Bertz CT molecular complexity index is 873. The molecule has 32 heavy (non-hydrogen) atoms. The van der Waals surface area contributed by atoms with Crippen LogP contribution in [0.5, 0.6) is 0 Å². The van der Waals surface area contributed by atoms with Crippen LogP contribution in [0.3, 0.4) is 0 Å². The molecule has 2 atom stereocenters. The number of nitrogens with zero attached hydrogens (tertiary/aromatic N) is 1. The van der Waals surface area contributed by atoms with E-state index in [0.717, 1.165) is 23.1 Å². The monoisotopic (exact) mass is 436 g/mol. The number of rotatable bonds is 11. The average molecular weight is 437 g/mol. The number of carbonyl (C=O) groups excluding carboxylic acids is 2. The van der Waals surface area contributed by atoms with Gasteiger partial charge in [-0.1, -0.05) is 76.2 Å². The van der Waals surface area contributed by atoms with Crippen LogP contribution in [-0.2, 0) is 22.6 Å². The van der Waals surface area contributed by atoms with Crippen LogP contribution >= 0.6 is 0 Å². The van der Waals surface area contributed by atoms with Gasteiger partial charge < -0.3 is 10.2 Å². The van der Waals surface area contributed by atoms with E-state index >= 15 is 0 Å². The van der Waals surface area contributed by atoms with Crippen molar-refractivity contribution in [2.24, 2.45) is 0 Å². The second-order valence-corrected chi connectivity index (χ2v) is 9.09. The van der Waals surface area contributed by atoms with Crippen molar-refractivity contribution in [3.05, 3.63) is 70.8 Å². The van der Waals surface area contributed by atoms with Gasteiger partial charge in [0.1, 0.15) is 6.04 Å². The summed E-state index contributed by atoms with van der Waals surface area (Å²) >= 11 is 0. The highest BCUT2D eigenvalue weighted by Gasteiger charge is 2.29. The maximum Gasteiger partial charge on any atom is 0.243 e. The first kappa shape index (κ1) is 25.6. The van der Waals surface area contributed by atoms with Crippen LogP contribution in [0.2, 0.25) is 0 Å². The quantitative estimate of drug-likeness (QED) is 0.486. The van der Waals surface area contributed by atoms with Gasteiger partial charge in [-0.05, 0) is 61.3 Å². The molecular formula is C28H40N2O2. The van der Waals surface area contributed by atoms with Gasteiger partial charge in [0, 0.05) is 19.0 Å². The van der Waals surface area contributed by atoms with E-state index in [1.165, 1.54) is 5.56 Å². The van der Waals surface area contributed by atoms with Gasteiger partial charge in [0.2, 0.25) is 11.8 Å². The van der Waals surface area contributed by atoms with Gasteiger partial charge in [0.05, 0.1) is 0 Å². The molecule has 2 aromatic carbocycles. The Balaban J connectivity index is 2.20. The van der Waals surface area contributed by atoms with E-state index in [1.54, 1.807) is 4.90 Å². The lowest BCUT2D eigenvalue weighted by atomic mass is 9.99. The molecule has 0 aliphatic heterocycles. The third-order valence-electron chi connectivity index (χ3n) is 6.26. The summed E-state index contributed by atoms with van der Waals surface area (Å²) < 4.78 is 0. The van der Waals surface area contributed by atoms with E-state index in [0.29, 0.717) is 31.7 Å². The van der Waals surface area contributed by atoms with Gasteiger partial charge in [0.25, 0.3) is 0 Å². The summed E-state index contributed by atoms with van der Waals surface area (Å²) in [6, 6.07) is 16.2. The summed E-state index contributed by atoms with van der Waals surface area (Å²) in [5, 5.41) is 3.07. The number of amides is 2. The van der Waals surface area contributed by atoms with E-state index in [-0.39, 0.29) is 17.9 Å². The summed E-state index contributed by atoms with van der Waals surface area (Å²) in [7, 11) is 0. The molecule has 0 saturated heterocycles. The Hall–Kier alpha value is -2.62. The fraction of sp³-hybridized carbons (Fsp3) is 0.500. The smallest absolute Gasteiger partial charge is 0.243 e. The Kier molecular flexibility index (Phi) is 9.96. The van der Waals surface area contributed by atoms with Gasteiger partial charge >= 0.3 is 0 Å². The van der Waals surface area contributed by atoms with Gasteiger partial charge in [-0.15, -0.1) is 0 Å². The van der Waals surface area contributed by atoms with Crippen molar-refractivity contribution < 1.29 is 9.59 Å². The Morgan fingerprint density at radius 3 is 2.16 bits per heavy atom. The van der Waals surface area contributed by atoms with Crippen molar-refractivity contribution in [2.75, 3.05) is 0 Å². The predicted molar refractivity (Wildman–Crippen MR) is 133 cm³/mol. The van der Waals surface area contributed by atoms with Gasteiger partial charge in [-0.25, -0.2) is 0 Å². The van der Waals surface area contributed by atoms with Crippen LogP contribution in [0.4, 0.5) is 0 Å². The topological polar surface area (TPSA) is 49.4 Å². The van der Waals surface area contributed by atoms with Gasteiger partial charge in [-0.3, -0.25) is 9.59 Å². The summed E-state index contributed by atoms with van der Waals surface area (Å²) in [5.74, 6) is 0.446. The number of carbonyl (C=O) groups is 2. The van der Waals surface area contributed by atoms with E-state index in [9.17, 15) is 9.59 Å². The first-order chi connectivity index (χ1) is 15.3. The summed E-state index contributed by atoms with van der Waals surface area (Å²) in [5.41, 5.74) is 4.66. The van der Waals surface area contributed by atoms with Gasteiger partial charge in [-0.2, -0.15) is 0 Å². The summed E-state index contributed by atoms with van der Waals surface area (Å²) in [6.07, 6.45) is 2.51. The van der Waals surface area contributed by atoms with Crippen molar-refractivity contribution in [2.45, 2.75) is 91.8 Å². The number of hydrogen-bond acceptors (Lipinski definition) is 2. The molecule has 2 aromatic rings. The largest absolute Gasteiger partial charge is 0.352 e. The lowest BCUT2D eigenvalue weighted by Gasteiger charge is -2.32. The highest BCUT2D eigenvalue weighted by molar-refractivity contribution is 5.88. The van der Waals surface area contributed by atoms with Crippen LogP contribution in [0, 0.1) is 6.92 Å². The Morgan fingerprint density at radius 1 is 0.938 bits per heavy atom. The number of benzene rings is 2. The van der Waals surface area contributed by atoms with Crippen molar-refractivity contribution in [1.29, 1.82) is 0 Å². The summed E-state index contributed by atoms with van der Waals surface area (Å²) in [6.45, 7) is 12.9. The molecule has 4 heteroatoms. The minimum Gasteiger partial charge on any atom is -0.352 e. The van der Waals surface area contributed by atoms with Crippen LogP contribution in [0.1, 0.15) is 82.1 Å². The molecule has 0 heterocycles. The third-order valence-corrected chi connectivity index (χ3v) is 6.26. The lowest BCUT2D eigenvalue weighted by molar-refractivity contribution is -0.141. The molecule has 174 valence electrons. The molecule has 0 bridgehead atoms. The highest BCUT2D eigenvalue weighted by atomic mass is 16.2. The normalized spacial score (nSPS) is 13.0. The SMILES string of the molecule is CC[C@@H](C)NC(=O)[C@H](CC)N(Cc1ccccc1C)C(=O)CCc1ccc(C(C)C)cc1. The first-order valence-electron chi connectivity index (χ1n) is 12.0. The molecule has 0 saturated carbocycles. The highest BCUT2D eigenvalue weighted by Crippen LogP contribution is 2.19. The van der Waals surface area contributed by atoms with Crippen molar-refractivity contribution in [3.8, 4) is 0 Å². The molecule has 0 aliphatic carbocycles. The van der Waals surface area contributed by atoms with E-state index in [1.807, 2.05) is 39.0 Å². The fourth-order valence-electron chi connectivity index (χ4n) is 3.80. The maximum absolute atomic E-state index is 13.4. The molecule has 0 radical (unpaired) electrons. The number of aryl methyl sites for hydroxylation is 2. The molecule has 2 amide bonds. The molecule has 0 fully saturated rings. The zero-order valence-corrected chi connectivity index (χ0v) is 20.7. The van der Waals surface area contributed by atoms with Crippen molar-refractivity contribution in [1.82, 2.24) is 10.2 Å². The molecule has 2 rings (SSSR count). The van der Waals surface area contributed by atoms with E-state index < -0.39 is 6.04 Å². The third kappa shape index (κ3) is 7.22. The Morgan fingerprint density at radius 2 is 1.59 bits per heavy atom. The fourth-order valence-corrected chi connectivity index (χ4v) is 3.80. The molecule has 0 aromatic heterocycles. The minimum atomic E-state index is -0.473. The zero-order chi connectivity index (χ0) is 23.7. The number of nitrogens with one attached hydrogen (secondary N) is 1. The maximum atomic E-state index is 13.4. The van der Waals surface area contributed by atoms with Crippen molar-refractivity contribution >= 4 is 11.8 Å². The standard InChI is InChI=1S/C28H40N2O2/c1-7-22(6)29-28(32)26(8-2)30(19-25-12-10-9-11-21(25)5)27(31)18-15-23-13-16-24(17-14-23)20(3)4/h9-14,16-17,20,22,26H,7-8,15,18-19H2,1-6H3,(H,29,32)/t22-,26+/m1/s1. The molecule has 0 unspecified atom stereocenters. The first-order valence-corrected chi connectivity index (χ1v) is 12.0. The molecule has 1 N–H and O–H groups in total. The summed E-state index contributed by atoms with van der Waals surface area (Å²) in [4.78, 5) is 28.2. The van der Waals surface area contributed by atoms with Crippen LogP contribution in [-0.4, -0.2) is 28.8 Å². The molecule has 0 aliphatic rings. The molecule has 4 nitrogen and oxygen atoms in total. The average Bonchev–Trinajstić information content (AvgIpc) is 2.78. The number of hydrogen-bond donors (Lipinski definition) is 1. The van der Waals surface area contributed by atoms with Gasteiger partial charge in [0.15, 0.2) is 0 Å². The lowest BCUT2D eigenvalue weighted by Crippen LogP contribution is -2.50. The second kappa shape index (κ2) is 12.4. The van der Waals surface area contributed by atoms with E-state index in [4.69, 9.17) is 0 Å². The zero-order valence-electron chi connectivity index (χ0n) is 20.7. The van der Waals surface area contributed by atoms with E-state index in [2.05, 4.69) is 56.4 Å². The molecule has 0 spiro atoms. The van der Waals surface area contributed by atoms with Crippen LogP contribution < -0.4 is 5.32 Å². The molecular weight excluding hydrogens is 396 g/mol. The second-order valence-electron chi connectivity index (χ2n) is 9.09. The van der Waals surface area contributed by atoms with Crippen LogP contribution in [0.15, 0.2) is 48.5 Å². The minimum absolute atomic E-state index is 0.0207. The Labute approximate surface area is 194 Å².